The highest BCUT2D eigenvalue weighted by Gasteiger charge is 2.12. The van der Waals surface area contributed by atoms with E-state index in [1.807, 2.05) is 49.4 Å². The van der Waals surface area contributed by atoms with Gasteiger partial charge in [0.25, 0.3) is 5.91 Å². The van der Waals surface area contributed by atoms with Crippen LogP contribution in [0.15, 0.2) is 42.5 Å². The maximum absolute atomic E-state index is 12.1. The molecule has 1 fully saturated rings. The molecule has 2 aromatic carbocycles. The third-order valence-electron chi connectivity index (χ3n) is 4.30. The zero-order valence-corrected chi connectivity index (χ0v) is 14.7. The summed E-state index contributed by atoms with van der Waals surface area (Å²) in [6.45, 7) is 4.13. The van der Waals surface area contributed by atoms with Crippen molar-refractivity contribution in [1.29, 1.82) is 0 Å². The second-order valence-electron chi connectivity index (χ2n) is 6.23. The first-order valence-corrected chi connectivity index (χ1v) is 8.58. The number of amides is 1. The molecule has 0 atom stereocenters. The highest BCUT2D eigenvalue weighted by Crippen LogP contribution is 2.27. The molecule has 0 spiro atoms. The molecule has 0 radical (unpaired) electrons. The molecule has 0 aliphatic carbocycles. The fourth-order valence-corrected chi connectivity index (χ4v) is 2.97. The molecule has 1 aliphatic rings. The summed E-state index contributed by atoms with van der Waals surface area (Å²) in [7, 11) is 1.59. The van der Waals surface area contributed by atoms with Crippen molar-refractivity contribution in [1.82, 2.24) is 0 Å². The van der Waals surface area contributed by atoms with Crippen molar-refractivity contribution in [2.75, 3.05) is 37.0 Å². The molecule has 5 heteroatoms. The van der Waals surface area contributed by atoms with Gasteiger partial charge in [0.15, 0.2) is 18.1 Å². The largest absolute Gasteiger partial charge is 0.493 e. The fraction of sp³-hybridized carbons (Fsp3) is 0.350. The van der Waals surface area contributed by atoms with Crippen molar-refractivity contribution in [2.45, 2.75) is 19.8 Å². The number of carbonyl (C=O) groups excluding carboxylic acids is 1. The average molecular weight is 340 g/mol. The summed E-state index contributed by atoms with van der Waals surface area (Å²) in [4.78, 5) is 14.5. The van der Waals surface area contributed by atoms with Crippen molar-refractivity contribution < 1.29 is 14.3 Å². The van der Waals surface area contributed by atoms with Crippen molar-refractivity contribution in [3.8, 4) is 11.5 Å². The number of anilines is 2. The van der Waals surface area contributed by atoms with Gasteiger partial charge in [0.2, 0.25) is 0 Å². The summed E-state index contributed by atoms with van der Waals surface area (Å²) in [5, 5.41) is 2.86. The molecule has 1 N–H and O–H groups in total. The Morgan fingerprint density at radius 3 is 2.48 bits per heavy atom. The van der Waals surface area contributed by atoms with E-state index in [0.29, 0.717) is 11.5 Å². The van der Waals surface area contributed by atoms with E-state index in [0.717, 1.165) is 24.3 Å². The van der Waals surface area contributed by atoms with Gasteiger partial charge >= 0.3 is 0 Å². The Morgan fingerprint density at radius 1 is 1.08 bits per heavy atom. The third kappa shape index (κ3) is 4.44. The first-order valence-electron chi connectivity index (χ1n) is 8.58. The van der Waals surface area contributed by atoms with Gasteiger partial charge in [0.1, 0.15) is 0 Å². The molecule has 0 bridgehead atoms. The molecule has 25 heavy (non-hydrogen) atoms. The van der Waals surface area contributed by atoms with Gasteiger partial charge in [-0.1, -0.05) is 6.07 Å². The monoisotopic (exact) mass is 340 g/mol. The van der Waals surface area contributed by atoms with Crippen molar-refractivity contribution in [2.24, 2.45) is 0 Å². The van der Waals surface area contributed by atoms with Gasteiger partial charge in [-0.05, 0) is 61.7 Å². The van der Waals surface area contributed by atoms with Crippen LogP contribution in [0.5, 0.6) is 11.5 Å². The lowest BCUT2D eigenvalue weighted by molar-refractivity contribution is -0.118. The molecular formula is C20H24N2O3. The Labute approximate surface area is 148 Å². The van der Waals surface area contributed by atoms with Gasteiger partial charge < -0.3 is 19.7 Å². The van der Waals surface area contributed by atoms with Gasteiger partial charge in [-0.25, -0.2) is 0 Å². The minimum atomic E-state index is -0.198. The summed E-state index contributed by atoms with van der Waals surface area (Å²) in [6, 6.07) is 13.6. The van der Waals surface area contributed by atoms with E-state index in [9.17, 15) is 4.79 Å². The molecule has 1 amide bonds. The number of hydrogen-bond acceptors (Lipinski definition) is 4. The average Bonchev–Trinajstić information content (AvgIpc) is 3.16. The highest BCUT2D eigenvalue weighted by atomic mass is 16.5. The van der Waals surface area contributed by atoms with Crippen LogP contribution in [0.1, 0.15) is 18.4 Å². The van der Waals surface area contributed by atoms with E-state index in [-0.39, 0.29) is 12.5 Å². The topological polar surface area (TPSA) is 50.8 Å². The fourth-order valence-electron chi connectivity index (χ4n) is 2.97. The van der Waals surface area contributed by atoms with E-state index in [1.165, 1.54) is 18.5 Å². The summed E-state index contributed by atoms with van der Waals surface area (Å²) < 4.78 is 10.9. The van der Waals surface area contributed by atoms with Gasteiger partial charge in [-0.15, -0.1) is 0 Å². The molecule has 0 unspecified atom stereocenters. The minimum absolute atomic E-state index is 0.0622. The maximum Gasteiger partial charge on any atom is 0.262 e. The predicted molar refractivity (Wildman–Crippen MR) is 99.7 cm³/mol. The zero-order chi connectivity index (χ0) is 17.6. The van der Waals surface area contributed by atoms with E-state index in [2.05, 4.69) is 10.2 Å². The normalized spacial score (nSPS) is 13.6. The van der Waals surface area contributed by atoms with Crippen LogP contribution in [0.25, 0.3) is 0 Å². The van der Waals surface area contributed by atoms with Crippen LogP contribution in [0, 0.1) is 6.92 Å². The lowest BCUT2D eigenvalue weighted by Crippen LogP contribution is -2.20. The second kappa shape index (κ2) is 7.92. The van der Waals surface area contributed by atoms with E-state index in [4.69, 9.17) is 9.47 Å². The summed E-state index contributed by atoms with van der Waals surface area (Å²) in [5.41, 5.74) is 3.05. The van der Waals surface area contributed by atoms with E-state index in [1.54, 1.807) is 7.11 Å². The van der Waals surface area contributed by atoms with E-state index >= 15 is 0 Å². The van der Waals surface area contributed by atoms with Crippen LogP contribution in [-0.4, -0.2) is 32.7 Å². The molecule has 2 aromatic rings. The molecule has 5 nitrogen and oxygen atoms in total. The molecule has 3 rings (SSSR count). The number of ether oxygens (including phenoxy) is 2. The Morgan fingerprint density at radius 2 is 1.80 bits per heavy atom. The van der Waals surface area contributed by atoms with Crippen molar-refractivity contribution in [3.05, 3.63) is 48.0 Å². The van der Waals surface area contributed by atoms with Crippen LogP contribution < -0.4 is 19.7 Å². The summed E-state index contributed by atoms with van der Waals surface area (Å²) in [5.74, 6) is 0.993. The number of nitrogens with zero attached hydrogens (tertiary/aromatic N) is 1. The number of methoxy groups -OCH3 is 1. The van der Waals surface area contributed by atoms with Crippen LogP contribution >= 0.6 is 0 Å². The molecule has 1 saturated heterocycles. The van der Waals surface area contributed by atoms with E-state index < -0.39 is 0 Å². The number of nitrogens with one attached hydrogen (secondary N) is 1. The summed E-state index contributed by atoms with van der Waals surface area (Å²) >= 11 is 0. The zero-order valence-electron chi connectivity index (χ0n) is 14.7. The minimum Gasteiger partial charge on any atom is -0.493 e. The van der Waals surface area contributed by atoms with Gasteiger partial charge in [0, 0.05) is 24.5 Å². The third-order valence-corrected chi connectivity index (χ3v) is 4.30. The van der Waals surface area contributed by atoms with Crippen LogP contribution in [0.2, 0.25) is 0 Å². The first kappa shape index (κ1) is 17.1. The van der Waals surface area contributed by atoms with Crippen molar-refractivity contribution >= 4 is 17.3 Å². The number of aryl methyl sites for hydroxylation is 1. The molecule has 1 heterocycles. The Kier molecular flexibility index (Phi) is 5.43. The molecule has 0 aromatic heterocycles. The lowest BCUT2D eigenvalue weighted by Gasteiger charge is -2.17. The maximum atomic E-state index is 12.1. The lowest BCUT2D eigenvalue weighted by atomic mass is 10.2. The number of hydrogen-bond donors (Lipinski definition) is 1. The van der Waals surface area contributed by atoms with Gasteiger partial charge in [-0.2, -0.15) is 0 Å². The second-order valence-corrected chi connectivity index (χ2v) is 6.23. The summed E-state index contributed by atoms with van der Waals surface area (Å²) in [6.07, 6.45) is 2.50. The van der Waals surface area contributed by atoms with Crippen molar-refractivity contribution in [3.63, 3.8) is 0 Å². The number of benzene rings is 2. The molecule has 132 valence electrons. The molecule has 1 aliphatic heterocycles. The van der Waals surface area contributed by atoms with Crippen LogP contribution in [0.4, 0.5) is 11.4 Å². The SMILES string of the molecule is COc1cc(C)ccc1OCC(=O)Nc1ccc(N2CCCC2)cc1. The Hall–Kier alpha value is -2.69. The first-order chi connectivity index (χ1) is 12.2. The Balaban J connectivity index is 1.54. The van der Waals surface area contributed by atoms with Crippen LogP contribution in [0.3, 0.4) is 0 Å². The molecule has 0 saturated carbocycles. The van der Waals surface area contributed by atoms with Gasteiger partial charge in [0.05, 0.1) is 7.11 Å². The highest BCUT2D eigenvalue weighted by molar-refractivity contribution is 5.92. The quantitative estimate of drug-likeness (QED) is 0.872. The smallest absolute Gasteiger partial charge is 0.262 e. The predicted octanol–water partition coefficient (Wildman–Crippen LogP) is 3.62. The van der Waals surface area contributed by atoms with Crippen LogP contribution in [-0.2, 0) is 4.79 Å². The number of rotatable bonds is 6. The standard InChI is InChI=1S/C20H24N2O3/c1-15-5-10-18(19(13-15)24-2)25-14-20(23)21-16-6-8-17(9-7-16)22-11-3-4-12-22/h5-10,13H,3-4,11-12,14H2,1-2H3,(H,21,23). The Bertz CT molecular complexity index is 722. The molecular weight excluding hydrogens is 316 g/mol. The number of carbonyl (C=O) groups is 1. The van der Waals surface area contributed by atoms with Gasteiger partial charge in [-0.3, -0.25) is 4.79 Å².